The lowest BCUT2D eigenvalue weighted by atomic mass is 10.0. The third-order valence-corrected chi connectivity index (χ3v) is 9.07. The molecule has 204 valence electrons. The van der Waals surface area contributed by atoms with Crippen molar-refractivity contribution in [2.45, 2.75) is 59.0 Å². The van der Waals surface area contributed by atoms with Crippen molar-refractivity contribution in [2.75, 3.05) is 13.7 Å². The lowest BCUT2D eigenvalue weighted by Gasteiger charge is -2.19. The van der Waals surface area contributed by atoms with Crippen molar-refractivity contribution in [2.24, 2.45) is 0 Å². The third-order valence-electron chi connectivity index (χ3n) is 6.49. The van der Waals surface area contributed by atoms with E-state index in [1.807, 2.05) is 61.5 Å². The SMILES string of the molecule is COc1ccc(-c2c(C)n(COCC[Si](C)(C)C)c3c(C#C[Si](C)(C)C)c(-c4ccccc4)nn3c2=O)cc1. The summed E-state index contributed by atoms with van der Waals surface area (Å²) in [6.07, 6.45) is 0. The van der Waals surface area contributed by atoms with Crippen LogP contribution in [0.15, 0.2) is 59.4 Å². The van der Waals surface area contributed by atoms with Gasteiger partial charge in [0.2, 0.25) is 0 Å². The maximum atomic E-state index is 14.1. The van der Waals surface area contributed by atoms with Gasteiger partial charge in [0.05, 0.1) is 18.2 Å². The molecule has 0 saturated carbocycles. The van der Waals surface area contributed by atoms with Gasteiger partial charge in [-0.25, -0.2) is 0 Å². The van der Waals surface area contributed by atoms with Gasteiger partial charge in [0.1, 0.15) is 26.2 Å². The van der Waals surface area contributed by atoms with E-state index in [9.17, 15) is 4.79 Å². The Kier molecular flexibility index (Phi) is 8.35. The van der Waals surface area contributed by atoms with Gasteiger partial charge in [-0.15, -0.1) is 5.54 Å². The molecule has 4 rings (SSSR count). The molecule has 6 nitrogen and oxygen atoms in total. The molecule has 0 aliphatic rings. The minimum atomic E-state index is -1.72. The van der Waals surface area contributed by atoms with Crippen molar-refractivity contribution in [3.05, 3.63) is 76.2 Å². The van der Waals surface area contributed by atoms with Crippen molar-refractivity contribution >= 4 is 21.8 Å². The quantitative estimate of drug-likeness (QED) is 0.138. The predicted octanol–water partition coefficient (Wildman–Crippen LogP) is 6.69. The van der Waals surface area contributed by atoms with Crippen molar-refractivity contribution in [1.82, 2.24) is 14.2 Å². The number of fused-ring (bicyclic) bond motifs is 1. The first kappa shape index (κ1) is 28.6. The van der Waals surface area contributed by atoms with Crippen LogP contribution in [0.3, 0.4) is 0 Å². The summed E-state index contributed by atoms with van der Waals surface area (Å²) >= 11 is 0. The van der Waals surface area contributed by atoms with Crippen LogP contribution >= 0.6 is 0 Å². The Labute approximate surface area is 233 Å². The first-order valence-corrected chi connectivity index (χ1v) is 20.6. The molecule has 0 spiro atoms. The first-order valence-electron chi connectivity index (χ1n) is 13.4. The standard InChI is InChI=1S/C31H39N3O3Si2/c1-23-28(24-14-16-26(36-2)17-15-24)31(35)34-30(33(23)22-37-19-21-39(6,7)8)27(18-20-38(3,4)5)29(32-34)25-12-10-9-11-13-25/h9-17H,19,21-22H2,1-8H3. The van der Waals surface area contributed by atoms with E-state index in [-0.39, 0.29) is 5.56 Å². The van der Waals surface area contributed by atoms with Gasteiger partial charge < -0.3 is 14.0 Å². The first-order chi connectivity index (χ1) is 18.4. The summed E-state index contributed by atoms with van der Waals surface area (Å²) in [5, 5.41) is 4.90. The fourth-order valence-corrected chi connectivity index (χ4v) is 5.56. The highest BCUT2D eigenvalue weighted by atomic mass is 28.3. The van der Waals surface area contributed by atoms with E-state index in [1.54, 1.807) is 7.11 Å². The van der Waals surface area contributed by atoms with E-state index in [0.717, 1.165) is 34.2 Å². The molecule has 0 saturated heterocycles. The number of hydrogen-bond acceptors (Lipinski definition) is 4. The number of rotatable bonds is 8. The zero-order valence-corrected chi connectivity index (χ0v) is 26.4. The van der Waals surface area contributed by atoms with Crippen LogP contribution in [0.2, 0.25) is 45.3 Å². The maximum Gasteiger partial charge on any atom is 0.282 e. The molecule has 4 aromatic rings. The monoisotopic (exact) mass is 557 g/mol. The van der Waals surface area contributed by atoms with Crippen molar-refractivity contribution < 1.29 is 9.47 Å². The molecule has 0 radical (unpaired) electrons. The molecule has 0 N–H and O–H groups in total. The summed E-state index contributed by atoms with van der Waals surface area (Å²) in [5.41, 5.74) is 8.62. The van der Waals surface area contributed by atoms with E-state index in [2.05, 4.69) is 55.3 Å². The average molecular weight is 558 g/mol. The third kappa shape index (κ3) is 6.61. The van der Waals surface area contributed by atoms with Gasteiger partial charge in [0.15, 0.2) is 5.65 Å². The van der Waals surface area contributed by atoms with Crippen molar-refractivity contribution in [3.8, 4) is 39.6 Å². The van der Waals surface area contributed by atoms with Crippen LogP contribution in [0.5, 0.6) is 5.75 Å². The lowest BCUT2D eigenvalue weighted by Crippen LogP contribution is -2.26. The second-order valence-corrected chi connectivity index (χ2v) is 22.5. The highest BCUT2D eigenvalue weighted by molar-refractivity contribution is 6.83. The molecule has 0 unspecified atom stereocenters. The molecule has 0 bridgehead atoms. The number of ether oxygens (including phenoxy) is 2. The smallest absolute Gasteiger partial charge is 0.282 e. The number of hydrogen-bond donors (Lipinski definition) is 0. The molecule has 0 amide bonds. The highest BCUT2D eigenvalue weighted by Crippen LogP contribution is 2.29. The normalized spacial score (nSPS) is 11.9. The molecule has 2 aromatic heterocycles. The summed E-state index contributed by atoms with van der Waals surface area (Å²) in [6.45, 7) is 16.6. The number of nitrogens with zero attached hydrogens (tertiary/aromatic N) is 3. The minimum absolute atomic E-state index is 0.177. The van der Waals surface area contributed by atoms with E-state index >= 15 is 0 Å². The van der Waals surface area contributed by atoms with E-state index in [0.29, 0.717) is 30.2 Å². The van der Waals surface area contributed by atoms with Gasteiger partial charge >= 0.3 is 0 Å². The topological polar surface area (TPSA) is 57.8 Å². The zero-order chi connectivity index (χ0) is 28.4. The molecule has 2 aromatic carbocycles. The van der Waals surface area contributed by atoms with E-state index in [4.69, 9.17) is 14.6 Å². The molecule has 0 aliphatic heterocycles. The Hall–Kier alpha value is -3.39. The van der Waals surface area contributed by atoms with Gasteiger partial charge in [-0.3, -0.25) is 4.79 Å². The van der Waals surface area contributed by atoms with Gasteiger partial charge in [0, 0.05) is 25.9 Å². The minimum Gasteiger partial charge on any atom is -0.497 e. The van der Waals surface area contributed by atoms with Crippen molar-refractivity contribution in [1.29, 1.82) is 0 Å². The fraction of sp³-hybridized carbons (Fsp3) is 0.355. The number of benzene rings is 2. The summed E-state index contributed by atoms with van der Waals surface area (Å²) in [5.74, 6) is 4.20. The Morgan fingerprint density at radius 1 is 0.923 bits per heavy atom. The van der Waals surface area contributed by atoms with Crippen LogP contribution in [0.1, 0.15) is 11.3 Å². The van der Waals surface area contributed by atoms with Crippen molar-refractivity contribution in [3.63, 3.8) is 0 Å². The molecule has 0 atom stereocenters. The predicted molar refractivity (Wildman–Crippen MR) is 166 cm³/mol. The molecule has 0 fully saturated rings. The van der Waals surface area contributed by atoms with Gasteiger partial charge in [0.25, 0.3) is 5.56 Å². The van der Waals surface area contributed by atoms with Crippen LogP contribution in [0, 0.1) is 18.4 Å². The molecule has 0 aliphatic carbocycles. The lowest BCUT2D eigenvalue weighted by molar-refractivity contribution is 0.0877. The zero-order valence-electron chi connectivity index (χ0n) is 24.4. The molecule has 39 heavy (non-hydrogen) atoms. The van der Waals surface area contributed by atoms with Crippen LogP contribution < -0.4 is 10.3 Å². The molecular weight excluding hydrogens is 519 g/mol. The largest absolute Gasteiger partial charge is 0.497 e. The molecule has 8 heteroatoms. The van der Waals surface area contributed by atoms with E-state index < -0.39 is 16.1 Å². The summed E-state index contributed by atoms with van der Waals surface area (Å²) in [6, 6.07) is 18.6. The second-order valence-electron chi connectivity index (χ2n) is 12.1. The Morgan fingerprint density at radius 3 is 2.18 bits per heavy atom. The fourth-order valence-electron chi connectivity index (χ4n) is 4.30. The molecular formula is C31H39N3O3Si2. The summed E-state index contributed by atoms with van der Waals surface area (Å²) in [4.78, 5) is 14.1. The van der Waals surface area contributed by atoms with Gasteiger partial charge in [-0.05, 0) is 30.7 Å². The van der Waals surface area contributed by atoms with Gasteiger partial charge in [-0.2, -0.15) is 9.61 Å². The Morgan fingerprint density at radius 2 is 1.59 bits per heavy atom. The van der Waals surface area contributed by atoms with E-state index in [1.165, 1.54) is 4.52 Å². The van der Waals surface area contributed by atoms with Crippen LogP contribution in [-0.4, -0.2) is 44.0 Å². The number of methoxy groups -OCH3 is 1. The molecule has 2 heterocycles. The Bertz CT molecular complexity index is 1580. The van der Waals surface area contributed by atoms with Gasteiger partial charge in [-0.1, -0.05) is 87.7 Å². The second kappa shape index (κ2) is 11.4. The summed E-state index contributed by atoms with van der Waals surface area (Å²) in [7, 11) is -1.34. The number of aromatic nitrogens is 3. The maximum absolute atomic E-state index is 14.1. The highest BCUT2D eigenvalue weighted by Gasteiger charge is 2.24. The van der Waals surface area contributed by atoms with Crippen LogP contribution in [0.25, 0.3) is 28.0 Å². The van der Waals surface area contributed by atoms with Crippen LogP contribution in [-0.2, 0) is 11.5 Å². The Balaban J connectivity index is 2.02. The summed E-state index contributed by atoms with van der Waals surface area (Å²) < 4.78 is 15.2. The average Bonchev–Trinajstić information content (AvgIpc) is 3.26. The van der Waals surface area contributed by atoms with Crippen LogP contribution in [0.4, 0.5) is 0 Å².